The molecule has 1 atom stereocenters. The molecule has 154 valence electrons. The van der Waals surface area contributed by atoms with Crippen molar-refractivity contribution in [2.24, 2.45) is 0 Å². The maximum absolute atomic E-state index is 13.0. The number of halogens is 3. The summed E-state index contributed by atoms with van der Waals surface area (Å²) >= 11 is 0. The second-order valence-electron chi connectivity index (χ2n) is 6.48. The van der Waals surface area contributed by atoms with Crippen LogP contribution >= 0.6 is 0 Å². The van der Waals surface area contributed by atoms with Crippen LogP contribution in [0.5, 0.6) is 5.75 Å². The third kappa shape index (κ3) is 8.46. The summed E-state index contributed by atoms with van der Waals surface area (Å²) in [6, 6.07) is 3.49. The van der Waals surface area contributed by atoms with E-state index in [1.54, 1.807) is 20.8 Å². The smallest absolute Gasteiger partial charge is 0.418 e. The third-order valence-corrected chi connectivity index (χ3v) is 3.00. The van der Waals surface area contributed by atoms with E-state index >= 15 is 0 Å². The van der Waals surface area contributed by atoms with Crippen LogP contribution in [0.4, 0.5) is 23.7 Å². The minimum absolute atomic E-state index is 0.0282. The van der Waals surface area contributed by atoms with Crippen molar-refractivity contribution >= 4 is 11.8 Å². The van der Waals surface area contributed by atoms with E-state index in [4.69, 9.17) is 18.9 Å². The summed E-state index contributed by atoms with van der Waals surface area (Å²) in [5, 5.41) is 11.8. The van der Waals surface area contributed by atoms with Crippen molar-refractivity contribution in [2.45, 2.75) is 38.7 Å². The van der Waals surface area contributed by atoms with Crippen LogP contribution in [0.15, 0.2) is 18.2 Å². The number of carbonyl (C=O) groups excluding carboxylic acids is 1. The highest BCUT2D eigenvalue weighted by atomic mass is 19.4. The molecule has 0 saturated heterocycles. The maximum atomic E-state index is 13.0. The van der Waals surface area contributed by atoms with Gasteiger partial charge >= 0.3 is 12.3 Å². The van der Waals surface area contributed by atoms with Crippen molar-refractivity contribution in [3.63, 3.8) is 0 Å². The van der Waals surface area contributed by atoms with Crippen LogP contribution in [0.25, 0.3) is 0 Å². The van der Waals surface area contributed by atoms with Gasteiger partial charge in [-0.1, -0.05) is 0 Å². The quantitative estimate of drug-likeness (QED) is 0.516. The number of methoxy groups -OCH3 is 1. The van der Waals surface area contributed by atoms with Gasteiger partial charge in [0.25, 0.3) is 0 Å². The molecule has 1 rings (SSSR count). The van der Waals surface area contributed by atoms with Gasteiger partial charge in [-0.15, -0.1) is 0 Å². The largest absolute Gasteiger partial charge is 0.468 e. The van der Waals surface area contributed by atoms with Crippen LogP contribution in [0, 0.1) is 0 Å². The summed E-state index contributed by atoms with van der Waals surface area (Å²) in [7, 11) is 1.49. The molecular weight excluding hydrogens is 371 g/mol. The summed E-state index contributed by atoms with van der Waals surface area (Å²) < 4.78 is 59.0. The number of anilines is 1. The first kappa shape index (κ1) is 23.0. The average Bonchev–Trinajstić information content (AvgIpc) is 2.52. The zero-order valence-corrected chi connectivity index (χ0v) is 15.6. The molecule has 0 bridgehead atoms. The third-order valence-electron chi connectivity index (χ3n) is 3.00. The number of ether oxygens (including phenoxy) is 4. The van der Waals surface area contributed by atoms with Gasteiger partial charge in [0.15, 0.2) is 12.9 Å². The Bertz CT molecular complexity index is 616. The number of benzene rings is 1. The molecule has 0 aliphatic rings. The highest BCUT2D eigenvalue weighted by molar-refractivity contribution is 5.86. The normalized spacial score (nSPS) is 13.2. The molecule has 10 heteroatoms. The molecule has 7 nitrogen and oxygen atoms in total. The van der Waals surface area contributed by atoms with Gasteiger partial charge in [-0.3, -0.25) is 5.32 Å². The molecule has 0 aromatic heterocycles. The Balaban J connectivity index is 2.96. The van der Waals surface area contributed by atoms with E-state index in [1.807, 2.05) is 0 Å². The minimum Gasteiger partial charge on any atom is -0.468 e. The average molecular weight is 395 g/mol. The monoisotopic (exact) mass is 395 g/mol. The zero-order valence-electron chi connectivity index (χ0n) is 15.6. The lowest BCUT2D eigenvalue weighted by molar-refractivity contribution is -0.206. The number of hydrogen-bond donors (Lipinski definition) is 2. The van der Waals surface area contributed by atoms with E-state index in [1.165, 1.54) is 19.2 Å². The lowest BCUT2D eigenvalue weighted by Crippen LogP contribution is -2.28. The Morgan fingerprint density at radius 2 is 1.89 bits per heavy atom. The lowest BCUT2D eigenvalue weighted by atomic mass is 10.1. The number of rotatable bonds is 8. The molecular formula is C17H24F3NO6. The first-order valence-corrected chi connectivity index (χ1v) is 8.02. The van der Waals surface area contributed by atoms with Crippen molar-refractivity contribution in [1.82, 2.24) is 0 Å². The van der Waals surface area contributed by atoms with Gasteiger partial charge in [-0.25, -0.2) is 4.79 Å². The van der Waals surface area contributed by atoms with Gasteiger partial charge < -0.3 is 24.1 Å². The van der Waals surface area contributed by atoms with Crippen LogP contribution in [0.1, 0.15) is 32.4 Å². The number of hydrogen-bond acceptors (Lipinski definition) is 6. The molecule has 1 aromatic carbocycles. The van der Waals surface area contributed by atoms with Crippen LogP contribution in [-0.4, -0.2) is 50.1 Å². The summed E-state index contributed by atoms with van der Waals surface area (Å²) in [4.78, 5) is 11.9. The van der Waals surface area contributed by atoms with Crippen LogP contribution in [-0.2, 0) is 14.2 Å². The molecule has 0 heterocycles. The van der Waals surface area contributed by atoms with Gasteiger partial charge in [-0.2, -0.15) is 13.2 Å². The number of alkyl halides is 3. The van der Waals surface area contributed by atoms with Gasteiger partial charge in [0.2, 0.25) is 0 Å². The number of nitrogens with one attached hydrogen (secondary N) is 1. The summed E-state index contributed by atoms with van der Waals surface area (Å²) in [6.45, 7) is 5.19. The maximum Gasteiger partial charge on any atom is 0.418 e. The Labute approximate surface area is 155 Å². The summed E-state index contributed by atoms with van der Waals surface area (Å²) in [5.74, 6) is 0.0282. The van der Waals surface area contributed by atoms with Gasteiger partial charge in [0.1, 0.15) is 11.4 Å². The van der Waals surface area contributed by atoms with E-state index < -0.39 is 29.5 Å². The molecule has 1 aromatic rings. The van der Waals surface area contributed by atoms with Crippen molar-refractivity contribution in [3.05, 3.63) is 23.8 Å². The van der Waals surface area contributed by atoms with Crippen molar-refractivity contribution in [2.75, 3.05) is 32.4 Å². The first-order chi connectivity index (χ1) is 12.4. The van der Waals surface area contributed by atoms with Crippen LogP contribution in [0.2, 0.25) is 0 Å². The standard InChI is InChI=1S/C17H24F3NO6/c1-16(2,3)27-15(23)21-13-6-5-11(26-10-25-8-7-24-4)9-12(13)14(22)17(18,19)20/h5-6,9,14,22H,7-8,10H2,1-4H3,(H,21,23). The molecule has 27 heavy (non-hydrogen) atoms. The van der Waals surface area contributed by atoms with E-state index in [0.717, 1.165) is 6.07 Å². The number of aliphatic hydroxyl groups is 1. The highest BCUT2D eigenvalue weighted by Crippen LogP contribution is 2.38. The fourth-order valence-electron chi connectivity index (χ4n) is 1.87. The second-order valence-corrected chi connectivity index (χ2v) is 6.48. The van der Waals surface area contributed by atoms with E-state index in [9.17, 15) is 23.1 Å². The highest BCUT2D eigenvalue weighted by Gasteiger charge is 2.41. The second kappa shape index (κ2) is 9.77. The number of aliphatic hydroxyl groups excluding tert-OH is 1. The zero-order chi connectivity index (χ0) is 20.7. The predicted molar refractivity (Wildman–Crippen MR) is 90.6 cm³/mol. The molecule has 0 fully saturated rings. The van der Waals surface area contributed by atoms with Gasteiger partial charge in [-0.05, 0) is 39.0 Å². The van der Waals surface area contributed by atoms with Crippen molar-refractivity contribution < 1.29 is 42.0 Å². The molecule has 0 spiro atoms. The number of amides is 1. The lowest BCUT2D eigenvalue weighted by Gasteiger charge is -2.22. The molecule has 1 unspecified atom stereocenters. The fourth-order valence-corrected chi connectivity index (χ4v) is 1.87. The van der Waals surface area contributed by atoms with Crippen molar-refractivity contribution in [1.29, 1.82) is 0 Å². The van der Waals surface area contributed by atoms with E-state index in [0.29, 0.717) is 6.61 Å². The van der Waals surface area contributed by atoms with Crippen molar-refractivity contribution in [3.8, 4) is 5.75 Å². The molecule has 2 N–H and O–H groups in total. The first-order valence-electron chi connectivity index (χ1n) is 8.02. The van der Waals surface area contributed by atoms with E-state index in [2.05, 4.69) is 5.32 Å². The fraction of sp³-hybridized carbons (Fsp3) is 0.588. The summed E-state index contributed by atoms with van der Waals surface area (Å²) in [5.41, 5.74) is -1.67. The Hall–Kier alpha value is -2.04. The Morgan fingerprint density at radius 1 is 1.22 bits per heavy atom. The molecule has 0 aliphatic carbocycles. The Kier molecular flexibility index (Phi) is 8.32. The summed E-state index contributed by atoms with van der Waals surface area (Å²) in [6.07, 6.45) is -8.70. The predicted octanol–water partition coefficient (Wildman–Crippen LogP) is 3.63. The molecule has 1 amide bonds. The van der Waals surface area contributed by atoms with E-state index in [-0.39, 0.29) is 24.8 Å². The topological polar surface area (TPSA) is 86.2 Å². The molecule has 0 aliphatic heterocycles. The van der Waals surface area contributed by atoms with Gasteiger partial charge in [0, 0.05) is 12.7 Å². The molecule has 0 radical (unpaired) electrons. The minimum atomic E-state index is -4.93. The van der Waals surface area contributed by atoms with Crippen LogP contribution < -0.4 is 10.1 Å². The molecule has 0 saturated carbocycles. The Morgan fingerprint density at radius 3 is 2.44 bits per heavy atom. The number of carbonyl (C=O) groups is 1. The van der Waals surface area contributed by atoms with Gasteiger partial charge in [0.05, 0.1) is 18.9 Å². The van der Waals surface area contributed by atoms with Crippen LogP contribution in [0.3, 0.4) is 0 Å². The SMILES string of the molecule is COCCOCOc1ccc(NC(=O)OC(C)(C)C)c(C(O)C(F)(F)F)c1.